The summed E-state index contributed by atoms with van der Waals surface area (Å²) in [6, 6.07) is 2.53. The minimum absolute atomic E-state index is 0.273. The Bertz CT molecular complexity index is 359. The fourth-order valence-corrected chi connectivity index (χ4v) is 1.32. The minimum Gasteiger partial charge on any atom is -0.319 e. The van der Waals surface area contributed by atoms with Crippen LogP contribution in [0.4, 0.5) is 22.0 Å². The summed E-state index contributed by atoms with van der Waals surface area (Å²) in [6.45, 7) is 0. The molecule has 1 aromatic rings. The number of rotatable bonds is 2. The maximum atomic E-state index is 12.8. The maximum absolute atomic E-state index is 12.8. The van der Waals surface area contributed by atoms with Crippen LogP contribution in [0.15, 0.2) is 28.7 Å². The Kier molecular flexibility index (Phi) is 3.59. The van der Waals surface area contributed by atoms with Crippen LogP contribution in [0.25, 0.3) is 0 Å². The van der Waals surface area contributed by atoms with Crippen LogP contribution in [-0.2, 0) is 0 Å². The van der Waals surface area contributed by atoms with Crippen LogP contribution in [0.3, 0.4) is 0 Å². The zero-order chi connectivity index (χ0) is 12.6. The molecule has 0 fully saturated rings. The fourth-order valence-electron chi connectivity index (χ4n) is 1.06. The normalized spacial score (nSPS) is 14.9. The van der Waals surface area contributed by atoms with Crippen LogP contribution in [-0.4, -0.2) is 12.1 Å². The van der Waals surface area contributed by atoms with Crippen molar-refractivity contribution in [3.05, 3.63) is 34.3 Å². The lowest BCUT2D eigenvalue weighted by Crippen LogP contribution is -2.45. The highest BCUT2D eigenvalue weighted by atomic mass is 79.9. The third-order valence-corrected chi connectivity index (χ3v) is 2.53. The number of halogens is 6. The van der Waals surface area contributed by atoms with Crippen LogP contribution in [0.5, 0.6) is 0 Å². The number of benzene rings is 1. The van der Waals surface area contributed by atoms with E-state index in [9.17, 15) is 22.0 Å². The fraction of sp³-hybridized carbons (Fsp3) is 0.333. The molecule has 0 aliphatic carbocycles. The zero-order valence-corrected chi connectivity index (χ0v) is 9.32. The molecule has 0 heterocycles. The molecule has 1 nitrogen and oxygen atoms in total. The summed E-state index contributed by atoms with van der Waals surface area (Å²) >= 11 is 3.03. The third-order valence-electron chi connectivity index (χ3n) is 2.00. The third kappa shape index (κ3) is 2.52. The van der Waals surface area contributed by atoms with Crippen molar-refractivity contribution in [2.24, 2.45) is 5.73 Å². The van der Waals surface area contributed by atoms with Crippen LogP contribution < -0.4 is 5.73 Å². The van der Waals surface area contributed by atoms with E-state index in [4.69, 9.17) is 5.73 Å². The molecule has 0 radical (unpaired) electrons. The molecule has 1 atom stereocenters. The van der Waals surface area contributed by atoms with Gasteiger partial charge in [-0.05, 0) is 17.7 Å². The highest BCUT2D eigenvalue weighted by molar-refractivity contribution is 9.10. The van der Waals surface area contributed by atoms with Gasteiger partial charge in [0.1, 0.15) is 6.04 Å². The first-order valence-electron chi connectivity index (χ1n) is 4.12. The number of hydrogen-bond acceptors (Lipinski definition) is 1. The van der Waals surface area contributed by atoms with Gasteiger partial charge in [0, 0.05) is 4.47 Å². The Morgan fingerprint density at radius 1 is 1.00 bits per heavy atom. The van der Waals surface area contributed by atoms with Crippen molar-refractivity contribution in [3.8, 4) is 0 Å². The van der Waals surface area contributed by atoms with E-state index < -0.39 is 18.1 Å². The first-order chi connectivity index (χ1) is 7.16. The van der Waals surface area contributed by atoms with E-state index in [1.807, 2.05) is 0 Å². The van der Waals surface area contributed by atoms with E-state index in [1.54, 1.807) is 0 Å². The van der Waals surface area contributed by atoms with Gasteiger partial charge in [0.2, 0.25) is 0 Å². The largest absolute Gasteiger partial charge is 0.455 e. The zero-order valence-electron chi connectivity index (χ0n) is 7.73. The van der Waals surface area contributed by atoms with E-state index >= 15 is 0 Å². The SMILES string of the molecule is NC(c1ccc(Br)cc1)C(F)(F)C(F)(F)F. The molecular formula is C9H7BrF5N. The van der Waals surface area contributed by atoms with E-state index in [0.717, 1.165) is 12.1 Å². The van der Waals surface area contributed by atoms with E-state index in [2.05, 4.69) is 15.9 Å². The average Bonchev–Trinajstić information content (AvgIpc) is 2.16. The number of hydrogen-bond donors (Lipinski definition) is 1. The van der Waals surface area contributed by atoms with Gasteiger partial charge in [-0.2, -0.15) is 22.0 Å². The molecule has 0 aromatic heterocycles. The van der Waals surface area contributed by atoms with E-state index in [0.29, 0.717) is 4.47 Å². The second-order valence-corrected chi connectivity index (χ2v) is 4.07. The first-order valence-corrected chi connectivity index (χ1v) is 4.91. The van der Waals surface area contributed by atoms with Crippen molar-refractivity contribution in [1.29, 1.82) is 0 Å². The maximum Gasteiger partial charge on any atom is 0.455 e. The summed E-state index contributed by atoms with van der Waals surface area (Å²) in [5, 5.41) is 0. The van der Waals surface area contributed by atoms with Gasteiger partial charge in [0.25, 0.3) is 0 Å². The lowest BCUT2D eigenvalue weighted by atomic mass is 10.0. The van der Waals surface area contributed by atoms with Crippen molar-refractivity contribution in [2.45, 2.75) is 18.1 Å². The first kappa shape index (κ1) is 13.4. The van der Waals surface area contributed by atoms with E-state index in [-0.39, 0.29) is 5.56 Å². The molecule has 16 heavy (non-hydrogen) atoms. The second-order valence-electron chi connectivity index (χ2n) is 3.15. The van der Waals surface area contributed by atoms with Crippen molar-refractivity contribution < 1.29 is 22.0 Å². The van der Waals surface area contributed by atoms with Gasteiger partial charge < -0.3 is 5.73 Å². The number of alkyl halides is 5. The minimum atomic E-state index is -5.65. The highest BCUT2D eigenvalue weighted by Gasteiger charge is 2.61. The molecule has 7 heteroatoms. The Hall–Kier alpha value is -0.690. The topological polar surface area (TPSA) is 26.0 Å². The van der Waals surface area contributed by atoms with Gasteiger partial charge in [-0.25, -0.2) is 0 Å². The molecule has 0 bridgehead atoms. The van der Waals surface area contributed by atoms with Gasteiger partial charge >= 0.3 is 12.1 Å². The molecule has 0 saturated heterocycles. The van der Waals surface area contributed by atoms with Crippen molar-refractivity contribution >= 4 is 15.9 Å². The molecule has 0 aliphatic rings. The van der Waals surface area contributed by atoms with Crippen LogP contribution >= 0.6 is 15.9 Å². The Morgan fingerprint density at radius 3 is 1.81 bits per heavy atom. The second kappa shape index (κ2) is 4.29. The van der Waals surface area contributed by atoms with Gasteiger partial charge in [-0.15, -0.1) is 0 Å². The van der Waals surface area contributed by atoms with Crippen LogP contribution in [0, 0.1) is 0 Å². The molecule has 1 rings (SSSR count). The highest BCUT2D eigenvalue weighted by Crippen LogP contribution is 2.43. The monoisotopic (exact) mass is 303 g/mol. The molecule has 90 valence electrons. The van der Waals surface area contributed by atoms with E-state index in [1.165, 1.54) is 12.1 Å². The Morgan fingerprint density at radius 2 is 1.44 bits per heavy atom. The Labute approximate surface area is 96.6 Å². The predicted octanol–water partition coefficient (Wildman–Crippen LogP) is 3.65. The molecule has 2 N–H and O–H groups in total. The molecule has 1 unspecified atom stereocenters. The molecule has 0 aliphatic heterocycles. The summed E-state index contributed by atoms with van der Waals surface area (Å²) in [5.74, 6) is -4.94. The van der Waals surface area contributed by atoms with Crippen LogP contribution in [0.2, 0.25) is 0 Å². The standard InChI is InChI=1S/C9H7BrF5N/c10-6-3-1-5(2-4-6)7(16)8(11,12)9(13,14)15/h1-4,7H,16H2. The van der Waals surface area contributed by atoms with Crippen LogP contribution in [0.1, 0.15) is 11.6 Å². The lowest BCUT2D eigenvalue weighted by Gasteiger charge is -2.25. The summed E-state index contributed by atoms with van der Waals surface area (Å²) in [6.07, 6.45) is -5.65. The summed E-state index contributed by atoms with van der Waals surface area (Å²) in [5.41, 5.74) is 4.65. The quantitative estimate of drug-likeness (QED) is 0.829. The van der Waals surface area contributed by atoms with Gasteiger partial charge in [-0.1, -0.05) is 28.1 Å². The summed E-state index contributed by atoms with van der Waals surface area (Å²) in [4.78, 5) is 0. The molecule has 1 aromatic carbocycles. The molecule has 0 spiro atoms. The molecular weight excluding hydrogens is 297 g/mol. The number of nitrogens with two attached hydrogens (primary N) is 1. The predicted molar refractivity (Wildman–Crippen MR) is 52.1 cm³/mol. The van der Waals surface area contributed by atoms with Crippen molar-refractivity contribution in [1.82, 2.24) is 0 Å². The summed E-state index contributed by atoms with van der Waals surface area (Å²) in [7, 11) is 0. The Balaban J connectivity index is 3.02. The van der Waals surface area contributed by atoms with Crippen molar-refractivity contribution in [2.75, 3.05) is 0 Å². The van der Waals surface area contributed by atoms with Crippen molar-refractivity contribution in [3.63, 3.8) is 0 Å². The smallest absolute Gasteiger partial charge is 0.319 e. The van der Waals surface area contributed by atoms with Gasteiger partial charge in [0.05, 0.1) is 0 Å². The van der Waals surface area contributed by atoms with Gasteiger partial charge in [-0.3, -0.25) is 0 Å². The lowest BCUT2D eigenvalue weighted by molar-refractivity contribution is -0.291. The van der Waals surface area contributed by atoms with Gasteiger partial charge in [0.15, 0.2) is 0 Å². The molecule has 0 saturated carbocycles. The molecule has 0 amide bonds. The average molecular weight is 304 g/mol. The summed E-state index contributed by atoms with van der Waals surface area (Å²) < 4.78 is 62.3.